The van der Waals surface area contributed by atoms with Gasteiger partial charge in [-0.25, -0.2) is 0 Å². The summed E-state index contributed by atoms with van der Waals surface area (Å²) in [6.45, 7) is 8.33. The number of hydrogen-bond donors (Lipinski definition) is 3. The Morgan fingerprint density at radius 3 is 2.25 bits per heavy atom. The molecule has 1 saturated heterocycles. The first kappa shape index (κ1) is 19.0. The fourth-order valence-electron chi connectivity index (χ4n) is 3.45. The Balaban J connectivity index is 2.01. The molecule has 1 aliphatic rings. The maximum atomic E-state index is 12.2. The highest BCUT2D eigenvalue weighted by molar-refractivity contribution is 6.45. The third-order valence-electron chi connectivity index (χ3n) is 3.93. The lowest BCUT2D eigenvalue weighted by Gasteiger charge is -2.46. The van der Waals surface area contributed by atoms with Crippen LogP contribution in [0.15, 0.2) is 18.2 Å². The summed E-state index contributed by atoms with van der Waals surface area (Å²) >= 11 is 11.9. The lowest BCUT2D eigenvalue weighted by Crippen LogP contribution is -2.62. The molecule has 1 fully saturated rings. The van der Waals surface area contributed by atoms with Crippen molar-refractivity contribution in [2.45, 2.75) is 57.7 Å². The van der Waals surface area contributed by atoms with E-state index in [9.17, 15) is 9.59 Å². The summed E-state index contributed by atoms with van der Waals surface area (Å²) < 4.78 is 0. The Labute approximate surface area is 152 Å². The zero-order chi connectivity index (χ0) is 18.1. The molecule has 0 aliphatic carbocycles. The summed E-state index contributed by atoms with van der Waals surface area (Å²) in [7, 11) is 0. The molecule has 5 nitrogen and oxygen atoms in total. The summed E-state index contributed by atoms with van der Waals surface area (Å²) in [6.07, 6.45) is 1.49. The van der Waals surface area contributed by atoms with E-state index < -0.39 is 11.8 Å². The highest BCUT2D eigenvalue weighted by atomic mass is 35.5. The second-order valence-corrected chi connectivity index (χ2v) is 8.31. The van der Waals surface area contributed by atoms with Gasteiger partial charge in [-0.2, -0.15) is 0 Å². The van der Waals surface area contributed by atoms with Crippen LogP contribution in [0.4, 0.5) is 5.69 Å². The van der Waals surface area contributed by atoms with Gasteiger partial charge >= 0.3 is 11.8 Å². The fraction of sp³-hybridized carbons (Fsp3) is 0.529. The van der Waals surface area contributed by atoms with Crippen LogP contribution in [0, 0.1) is 0 Å². The van der Waals surface area contributed by atoms with Crippen molar-refractivity contribution in [1.82, 2.24) is 10.6 Å². The Hall–Kier alpha value is -1.30. The average Bonchev–Trinajstić information content (AvgIpc) is 2.40. The van der Waals surface area contributed by atoms with Crippen LogP contribution in [0.5, 0.6) is 0 Å². The van der Waals surface area contributed by atoms with E-state index in [2.05, 4.69) is 43.6 Å². The summed E-state index contributed by atoms with van der Waals surface area (Å²) in [5.41, 5.74) is 0.0779. The summed E-state index contributed by atoms with van der Waals surface area (Å²) in [6, 6.07) is 4.78. The second-order valence-electron chi connectivity index (χ2n) is 7.53. The van der Waals surface area contributed by atoms with Crippen molar-refractivity contribution in [1.29, 1.82) is 0 Å². The van der Waals surface area contributed by atoms with Crippen molar-refractivity contribution >= 4 is 40.7 Å². The van der Waals surface area contributed by atoms with Crippen molar-refractivity contribution in [3.63, 3.8) is 0 Å². The highest BCUT2D eigenvalue weighted by Gasteiger charge is 2.38. The van der Waals surface area contributed by atoms with Crippen molar-refractivity contribution in [2.75, 3.05) is 5.32 Å². The third-order valence-corrected chi connectivity index (χ3v) is 4.75. The molecule has 1 aliphatic heterocycles. The highest BCUT2D eigenvalue weighted by Crippen LogP contribution is 2.30. The maximum absolute atomic E-state index is 12.2. The molecule has 0 spiro atoms. The molecule has 0 aromatic heterocycles. The van der Waals surface area contributed by atoms with Gasteiger partial charge in [-0.3, -0.25) is 9.59 Å². The van der Waals surface area contributed by atoms with Gasteiger partial charge in [0.15, 0.2) is 0 Å². The molecule has 2 rings (SSSR count). The van der Waals surface area contributed by atoms with Crippen LogP contribution in [-0.4, -0.2) is 28.9 Å². The first-order valence-corrected chi connectivity index (χ1v) is 8.60. The van der Waals surface area contributed by atoms with E-state index >= 15 is 0 Å². The molecule has 0 bridgehead atoms. The zero-order valence-corrected chi connectivity index (χ0v) is 15.8. The summed E-state index contributed by atoms with van der Waals surface area (Å²) in [5, 5.41) is 9.38. The van der Waals surface area contributed by atoms with E-state index in [0.717, 1.165) is 12.8 Å². The maximum Gasteiger partial charge on any atom is 0.313 e. The lowest BCUT2D eigenvalue weighted by molar-refractivity contribution is -0.137. The Kier molecular flexibility index (Phi) is 5.47. The van der Waals surface area contributed by atoms with Crippen LogP contribution in [-0.2, 0) is 9.59 Å². The van der Waals surface area contributed by atoms with Crippen LogP contribution in [0.3, 0.4) is 0 Å². The Morgan fingerprint density at radius 2 is 1.67 bits per heavy atom. The predicted octanol–water partition coefficient (Wildman–Crippen LogP) is 3.36. The van der Waals surface area contributed by atoms with Crippen LogP contribution < -0.4 is 16.0 Å². The van der Waals surface area contributed by atoms with Crippen molar-refractivity contribution in [2.24, 2.45) is 0 Å². The normalized spacial score (nSPS) is 19.6. The van der Waals surface area contributed by atoms with E-state index in [1.165, 1.54) is 0 Å². The number of nitrogens with one attached hydrogen (secondary N) is 3. The Bertz CT molecular complexity index is 643. The largest absolute Gasteiger partial charge is 0.345 e. The van der Waals surface area contributed by atoms with Gasteiger partial charge in [0.1, 0.15) is 0 Å². The molecule has 0 saturated carbocycles. The van der Waals surface area contributed by atoms with E-state index in [1.807, 2.05) is 0 Å². The van der Waals surface area contributed by atoms with Crippen molar-refractivity contribution < 1.29 is 9.59 Å². The number of carbonyl (C=O) groups is 2. The van der Waals surface area contributed by atoms with Gasteiger partial charge in [0.25, 0.3) is 0 Å². The number of hydrogen-bond acceptors (Lipinski definition) is 3. The number of benzene rings is 1. The number of carbonyl (C=O) groups excluding carboxylic acids is 2. The van der Waals surface area contributed by atoms with Gasteiger partial charge in [-0.1, -0.05) is 29.3 Å². The molecule has 0 unspecified atom stereocenters. The molecule has 7 heteroatoms. The molecular weight excluding hydrogens is 349 g/mol. The topological polar surface area (TPSA) is 70.2 Å². The zero-order valence-electron chi connectivity index (χ0n) is 14.3. The van der Waals surface area contributed by atoms with E-state index in [-0.39, 0.29) is 22.1 Å². The van der Waals surface area contributed by atoms with Gasteiger partial charge in [0, 0.05) is 17.1 Å². The third kappa shape index (κ3) is 4.85. The minimum absolute atomic E-state index is 0.0793. The number of piperidine rings is 1. The van der Waals surface area contributed by atoms with Gasteiger partial charge in [0.05, 0.1) is 15.7 Å². The lowest BCUT2D eigenvalue weighted by atomic mass is 9.79. The van der Waals surface area contributed by atoms with E-state index in [0.29, 0.717) is 10.7 Å². The minimum atomic E-state index is -0.756. The van der Waals surface area contributed by atoms with E-state index in [1.54, 1.807) is 18.2 Å². The monoisotopic (exact) mass is 371 g/mol. The van der Waals surface area contributed by atoms with Gasteiger partial charge in [0.2, 0.25) is 0 Å². The number of amides is 2. The van der Waals surface area contributed by atoms with Gasteiger partial charge < -0.3 is 16.0 Å². The van der Waals surface area contributed by atoms with Crippen LogP contribution in [0.1, 0.15) is 40.5 Å². The smallest absolute Gasteiger partial charge is 0.313 e. The summed E-state index contributed by atoms with van der Waals surface area (Å²) in [5.74, 6) is -1.43. The number of anilines is 1. The van der Waals surface area contributed by atoms with Crippen LogP contribution >= 0.6 is 23.2 Å². The number of rotatable bonds is 2. The first-order chi connectivity index (χ1) is 11.0. The molecule has 2 amide bonds. The minimum Gasteiger partial charge on any atom is -0.345 e. The Morgan fingerprint density at radius 1 is 1.08 bits per heavy atom. The SMILES string of the molecule is CC1(C)CC(NC(=O)C(=O)Nc2cccc(Cl)c2Cl)CC(C)(C)N1. The number of halogens is 2. The van der Waals surface area contributed by atoms with Gasteiger partial charge in [-0.15, -0.1) is 0 Å². The molecule has 3 N–H and O–H groups in total. The van der Waals surface area contributed by atoms with Crippen LogP contribution in [0.25, 0.3) is 0 Å². The standard InChI is InChI=1S/C17H23Cl2N3O2/c1-16(2)8-10(9-17(3,4)22-16)20-14(23)15(24)21-12-7-5-6-11(18)13(12)19/h5-7,10,22H,8-9H2,1-4H3,(H,20,23)(H,21,24). The molecule has 132 valence electrons. The molecule has 1 heterocycles. The molecule has 0 radical (unpaired) electrons. The van der Waals surface area contributed by atoms with Crippen molar-refractivity contribution in [3.05, 3.63) is 28.2 Å². The fourth-order valence-corrected chi connectivity index (χ4v) is 3.80. The molecule has 0 atom stereocenters. The molecule has 1 aromatic rings. The van der Waals surface area contributed by atoms with Crippen molar-refractivity contribution in [3.8, 4) is 0 Å². The molecular formula is C17H23Cl2N3O2. The summed E-state index contributed by atoms with van der Waals surface area (Å²) in [4.78, 5) is 24.3. The quantitative estimate of drug-likeness (QED) is 0.698. The van der Waals surface area contributed by atoms with E-state index in [4.69, 9.17) is 23.2 Å². The van der Waals surface area contributed by atoms with Gasteiger partial charge in [-0.05, 0) is 52.7 Å². The first-order valence-electron chi connectivity index (χ1n) is 7.84. The second kappa shape index (κ2) is 6.90. The molecule has 24 heavy (non-hydrogen) atoms. The predicted molar refractivity (Wildman–Crippen MR) is 97.6 cm³/mol. The average molecular weight is 372 g/mol. The molecule has 1 aromatic carbocycles. The van der Waals surface area contributed by atoms with Crippen LogP contribution in [0.2, 0.25) is 10.0 Å².